The highest BCUT2D eigenvalue weighted by molar-refractivity contribution is 9.09. The smallest absolute Gasteiger partial charge is 0.138 e. The molecule has 0 amide bonds. The van der Waals surface area contributed by atoms with Crippen LogP contribution in [-0.2, 0) is 13.0 Å². The van der Waals surface area contributed by atoms with Crippen LogP contribution in [0.25, 0.3) is 0 Å². The molecule has 0 aliphatic carbocycles. The Kier molecular flexibility index (Phi) is 6.69. The molecule has 1 heterocycles. The fourth-order valence-corrected chi connectivity index (χ4v) is 2.60. The van der Waals surface area contributed by atoms with Gasteiger partial charge in [0.1, 0.15) is 12.2 Å². The first-order valence-corrected chi connectivity index (χ1v) is 7.20. The molecule has 3 nitrogen and oxygen atoms in total. The van der Waals surface area contributed by atoms with E-state index in [-0.39, 0.29) is 0 Å². The minimum Gasteiger partial charge on any atom is -0.250 e. The number of aromatic nitrogens is 3. The van der Waals surface area contributed by atoms with E-state index in [0.717, 1.165) is 25.2 Å². The summed E-state index contributed by atoms with van der Waals surface area (Å²) in [5.74, 6) is 1.14. The third-order valence-electron chi connectivity index (χ3n) is 2.65. The van der Waals surface area contributed by atoms with Crippen molar-refractivity contribution in [1.82, 2.24) is 14.8 Å². The largest absolute Gasteiger partial charge is 0.250 e. The van der Waals surface area contributed by atoms with Crippen molar-refractivity contribution < 1.29 is 0 Å². The van der Waals surface area contributed by atoms with Gasteiger partial charge in [-0.1, -0.05) is 36.2 Å². The average molecular weight is 288 g/mol. The molecule has 0 aliphatic rings. The van der Waals surface area contributed by atoms with Gasteiger partial charge in [0.15, 0.2) is 0 Å². The highest BCUT2D eigenvalue weighted by Crippen LogP contribution is 2.15. The quantitative estimate of drug-likeness (QED) is 0.685. The molecule has 1 aromatic rings. The van der Waals surface area contributed by atoms with E-state index in [1.807, 2.05) is 4.68 Å². The van der Waals surface area contributed by atoms with Gasteiger partial charge >= 0.3 is 0 Å². The Morgan fingerprint density at radius 1 is 1.31 bits per heavy atom. The summed E-state index contributed by atoms with van der Waals surface area (Å²) in [5.41, 5.74) is 0. The van der Waals surface area contributed by atoms with Crippen molar-refractivity contribution in [1.29, 1.82) is 0 Å². The topological polar surface area (TPSA) is 30.7 Å². The fourth-order valence-electron chi connectivity index (χ4n) is 1.82. The van der Waals surface area contributed by atoms with E-state index in [1.165, 1.54) is 25.7 Å². The molecular weight excluding hydrogens is 266 g/mol. The fraction of sp³-hybridized carbons (Fsp3) is 0.833. The van der Waals surface area contributed by atoms with Crippen molar-refractivity contribution >= 4 is 15.9 Å². The maximum Gasteiger partial charge on any atom is 0.138 e. The molecule has 0 bridgehead atoms. The monoisotopic (exact) mass is 287 g/mol. The van der Waals surface area contributed by atoms with E-state index in [4.69, 9.17) is 0 Å². The zero-order chi connectivity index (χ0) is 11.8. The van der Waals surface area contributed by atoms with Gasteiger partial charge in [0, 0.05) is 17.8 Å². The van der Waals surface area contributed by atoms with Gasteiger partial charge in [-0.3, -0.25) is 4.68 Å². The molecule has 92 valence electrons. The second-order valence-corrected chi connectivity index (χ2v) is 5.47. The van der Waals surface area contributed by atoms with Crippen LogP contribution in [0.5, 0.6) is 0 Å². The zero-order valence-corrected chi connectivity index (χ0v) is 11.9. The first-order valence-electron chi connectivity index (χ1n) is 6.28. The molecule has 0 saturated heterocycles. The van der Waals surface area contributed by atoms with Gasteiger partial charge < -0.3 is 0 Å². The SMILES string of the molecule is CCCC(Br)CCCc1ncnn1CCC. The Morgan fingerprint density at radius 2 is 2.12 bits per heavy atom. The third-order valence-corrected chi connectivity index (χ3v) is 3.57. The summed E-state index contributed by atoms with van der Waals surface area (Å²) in [4.78, 5) is 4.98. The number of halogens is 1. The number of hydrogen-bond donors (Lipinski definition) is 0. The van der Waals surface area contributed by atoms with Crippen molar-refractivity contribution in [2.24, 2.45) is 0 Å². The molecular formula is C12H22BrN3. The first kappa shape index (κ1) is 13.7. The molecule has 0 aromatic carbocycles. The van der Waals surface area contributed by atoms with Crippen molar-refractivity contribution in [2.75, 3.05) is 0 Å². The predicted molar refractivity (Wildman–Crippen MR) is 70.9 cm³/mol. The lowest BCUT2D eigenvalue weighted by Crippen LogP contribution is -2.06. The second kappa shape index (κ2) is 7.82. The van der Waals surface area contributed by atoms with Crippen molar-refractivity contribution in [3.63, 3.8) is 0 Å². The molecule has 1 rings (SSSR count). The Hall–Kier alpha value is -0.380. The number of nitrogens with zero attached hydrogens (tertiary/aromatic N) is 3. The Labute approximate surface area is 107 Å². The molecule has 0 aliphatic heterocycles. The number of rotatable bonds is 8. The van der Waals surface area contributed by atoms with Crippen LogP contribution in [0, 0.1) is 0 Å². The van der Waals surface area contributed by atoms with Gasteiger partial charge in [-0.25, -0.2) is 4.98 Å². The summed E-state index contributed by atoms with van der Waals surface area (Å²) in [7, 11) is 0. The van der Waals surface area contributed by atoms with Gasteiger partial charge in [0.2, 0.25) is 0 Å². The van der Waals surface area contributed by atoms with E-state index in [9.17, 15) is 0 Å². The van der Waals surface area contributed by atoms with Crippen molar-refractivity contribution in [3.8, 4) is 0 Å². The van der Waals surface area contributed by atoms with E-state index in [0.29, 0.717) is 4.83 Å². The maximum atomic E-state index is 4.31. The summed E-state index contributed by atoms with van der Waals surface area (Å²) < 4.78 is 2.03. The van der Waals surface area contributed by atoms with Crippen molar-refractivity contribution in [3.05, 3.63) is 12.2 Å². The molecule has 0 N–H and O–H groups in total. The summed E-state index contributed by atoms with van der Waals surface area (Å²) in [5, 5.41) is 4.23. The third kappa shape index (κ3) is 4.64. The van der Waals surface area contributed by atoms with Gasteiger partial charge in [0.25, 0.3) is 0 Å². The highest BCUT2D eigenvalue weighted by Gasteiger charge is 2.06. The summed E-state index contributed by atoms with van der Waals surface area (Å²) in [6.45, 7) is 5.38. The molecule has 0 radical (unpaired) electrons. The second-order valence-electron chi connectivity index (χ2n) is 4.18. The van der Waals surface area contributed by atoms with Gasteiger partial charge in [0.05, 0.1) is 0 Å². The summed E-state index contributed by atoms with van der Waals surface area (Å²) in [6, 6.07) is 0. The van der Waals surface area contributed by atoms with Crippen molar-refractivity contribution in [2.45, 2.75) is 63.7 Å². The van der Waals surface area contributed by atoms with E-state index in [2.05, 4.69) is 39.9 Å². The molecule has 4 heteroatoms. The minimum atomic E-state index is 0.667. The predicted octanol–water partition coefficient (Wildman–Crippen LogP) is 3.57. The average Bonchev–Trinajstić information content (AvgIpc) is 2.67. The first-order chi connectivity index (χ1) is 7.77. The van der Waals surface area contributed by atoms with Crippen LogP contribution < -0.4 is 0 Å². The zero-order valence-electron chi connectivity index (χ0n) is 10.3. The number of alkyl halides is 1. The Bertz CT molecular complexity index is 286. The summed E-state index contributed by atoms with van der Waals surface area (Å²) >= 11 is 3.71. The van der Waals surface area contributed by atoms with Gasteiger partial charge in [-0.05, 0) is 25.7 Å². The van der Waals surface area contributed by atoms with Crippen LogP contribution in [0.15, 0.2) is 6.33 Å². The van der Waals surface area contributed by atoms with Crippen LogP contribution in [0.3, 0.4) is 0 Å². The molecule has 1 unspecified atom stereocenters. The molecule has 0 spiro atoms. The maximum absolute atomic E-state index is 4.31. The van der Waals surface area contributed by atoms with Crippen LogP contribution >= 0.6 is 15.9 Å². The minimum absolute atomic E-state index is 0.667. The normalized spacial score (nSPS) is 12.9. The lowest BCUT2D eigenvalue weighted by atomic mass is 10.1. The van der Waals surface area contributed by atoms with Crippen LogP contribution in [0.1, 0.15) is 51.8 Å². The Morgan fingerprint density at radius 3 is 2.81 bits per heavy atom. The molecule has 16 heavy (non-hydrogen) atoms. The van der Waals surface area contributed by atoms with Crippen LogP contribution in [0.4, 0.5) is 0 Å². The van der Waals surface area contributed by atoms with E-state index < -0.39 is 0 Å². The highest BCUT2D eigenvalue weighted by atomic mass is 79.9. The molecule has 0 fully saturated rings. The van der Waals surface area contributed by atoms with E-state index >= 15 is 0 Å². The molecule has 1 aromatic heterocycles. The lowest BCUT2D eigenvalue weighted by molar-refractivity contribution is 0.552. The number of hydrogen-bond acceptors (Lipinski definition) is 2. The molecule has 0 saturated carbocycles. The number of aryl methyl sites for hydroxylation is 2. The van der Waals surface area contributed by atoms with Crippen LogP contribution in [-0.4, -0.2) is 19.6 Å². The standard InChI is InChI=1S/C12H22BrN3/c1-3-6-11(13)7-5-8-12-14-10-15-16(12)9-4-2/h10-11H,3-9H2,1-2H3. The van der Waals surface area contributed by atoms with Gasteiger partial charge in [-0.15, -0.1) is 0 Å². The summed E-state index contributed by atoms with van der Waals surface area (Å²) in [6.07, 6.45) is 8.77. The van der Waals surface area contributed by atoms with Gasteiger partial charge in [-0.2, -0.15) is 5.10 Å². The van der Waals surface area contributed by atoms with E-state index in [1.54, 1.807) is 6.33 Å². The Balaban J connectivity index is 2.28. The van der Waals surface area contributed by atoms with Crippen LogP contribution in [0.2, 0.25) is 0 Å². The molecule has 1 atom stereocenters. The lowest BCUT2D eigenvalue weighted by Gasteiger charge is -2.08.